The van der Waals surface area contributed by atoms with E-state index in [0.717, 1.165) is 42.9 Å². The Kier molecular flexibility index (Phi) is 3.60. The zero-order valence-corrected chi connectivity index (χ0v) is 12.3. The molecule has 0 atom stereocenters. The lowest BCUT2D eigenvalue weighted by molar-refractivity contribution is 0.788. The first-order chi connectivity index (χ1) is 10.2. The molecule has 1 aromatic heterocycles. The van der Waals surface area contributed by atoms with Crippen LogP contribution in [0.2, 0.25) is 0 Å². The molecule has 0 unspecified atom stereocenters. The second kappa shape index (κ2) is 5.56. The van der Waals surface area contributed by atoms with Crippen molar-refractivity contribution in [1.29, 1.82) is 5.41 Å². The van der Waals surface area contributed by atoms with Crippen LogP contribution >= 0.6 is 0 Å². The van der Waals surface area contributed by atoms with Crippen molar-refractivity contribution in [1.82, 2.24) is 4.98 Å². The third-order valence-electron chi connectivity index (χ3n) is 4.13. The van der Waals surface area contributed by atoms with Gasteiger partial charge in [0.1, 0.15) is 11.7 Å². The van der Waals surface area contributed by atoms with Crippen molar-refractivity contribution in [2.24, 2.45) is 5.73 Å². The molecule has 0 aliphatic carbocycles. The van der Waals surface area contributed by atoms with Crippen LogP contribution in [0.3, 0.4) is 0 Å². The van der Waals surface area contributed by atoms with Crippen LogP contribution in [0.25, 0.3) is 0 Å². The predicted octanol–water partition coefficient (Wildman–Crippen LogP) is 2.28. The quantitative estimate of drug-likeness (QED) is 0.655. The van der Waals surface area contributed by atoms with E-state index in [0.29, 0.717) is 0 Å². The molecule has 2 heterocycles. The number of nitrogen functional groups attached to an aromatic ring is 1. The molecule has 2 aromatic rings. The third kappa shape index (κ3) is 2.61. The van der Waals surface area contributed by atoms with Crippen LogP contribution in [0, 0.1) is 12.3 Å². The number of hydrogen-bond acceptors (Lipinski definition) is 3. The van der Waals surface area contributed by atoms with Crippen molar-refractivity contribution < 1.29 is 0 Å². The van der Waals surface area contributed by atoms with Crippen LogP contribution in [0.5, 0.6) is 0 Å². The minimum Gasteiger partial charge on any atom is -0.384 e. The Hall–Kier alpha value is -2.36. The zero-order valence-electron chi connectivity index (χ0n) is 12.3. The number of aromatic nitrogens is 1. The van der Waals surface area contributed by atoms with Gasteiger partial charge in [-0.25, -0.2) is 4.98 Å². The monoisotopic (exact) mass is 280 g/mol. The molecule has 0 bridgehead atoms. The predicted molar refractivity (Wildman–Crippen MR) is 86.1 cm³/mol. The Morgan fingerprint density at radius 3 is 2.33 bits per heavy atom. The molecule has 0 saturated carbocycles. The number of nitrogens with one attached hydrogen (secondary N) is 1. The second-order valence-corrected chi connectivity index (χ2v) is 5.50. The summed E-state index contributed by atoms with van der Waals surface area (Å²) in [5.74, 6) is 0.938. The maximum atomic E-state index is 7.83. The van der Waals surface area contributed by atoms with Gasteiger partial charge < -0.3 is 10.6 Å². The van der Waals surface area contributed by atoms with E-state index in [2.05, 4.69) is 34.1 Å². The summed E-state index contributed by atoms with van der Waals surface area (Å²) in [4.78, 5) is 6.75. The number of benzene rings is 1. The van der Waals surface area contributed by atoms with E-state index in [1.54, 1.807) is 6.20 Å². The minimum absolute atomic E-state index is 0.0948. The molecule has 108 valence electrons. The smallest absolute Gasteiger partial charge is 0.139 e. The molecule has 4 heteroatoms. The number of rotatable bonds is 2. The molecule has 1 aromatic carbocycles. The first kappa shape index (κ1) is 13.6. The van der Waals surface area contributed by atoms with Gasteiger partial charge >= 0.3 is 0 Å². The molecule has 0 radical (unpaired) electrons. The topological polar surface area (TPSA) is 66.0 Å². The summed E-state index contributed by atoms with van der Waals surface area (Å²) >= 11 is 0. The Labute approximate surface area is 125 Å². The van der Waals surface area contributed by atoms with Crippen LogP contribution in [-0.2, 0) is 12.8 Å². The molecular formula is C17H20N4. The average Bonchev–Trinajstić information content (AvgIpc) is 2.69. The fourth-order valence-electron chi connectivity index (χ4n) is 3.00. The maximum Gasteiger partial charge on any atom is 0.139 e. The number of pyridine rings is 1. The van der Waals surface area contributed by atoms with Crippen molar-refractivity contribution in [3.8, 4) is 0 Å². The van der Waals surface area contributed by atoms with Crippen LogP contribution in [0.1, 0.15) is 22.3 Å². The van der Waals surface area contributed by atoms with Gasteiger partial charge in [0.25, 0.3) is 0 Å². The summed E-state index contributed by atoms with van der Waals surface area (Å²) in [5.41, 5.74) is 10.4. The average molecular weight is 280 g/mol. The molecule has 4 nitrogen and oxygen atoms in total. The lowest BCUT2D eigenvalue weighted by Gasteiger charge is -2.24. The van der Waals surface area contributed by atoms with Crippen molar-refractivity contribution in [3.05, 3.63) is 58.8 Å². The summed E-state index contributed by atoms with van der Waals surface area (Å²) in [6.07, 6.45) is 3.81. The second-order valence-electron chi connectivity index (χ2n) is 5.50. The van der Waals surface area contributed by atoms with Gasteiger partial charge in [-0.1, -0.05) is 24.3 Å². The molecule has 0 fully saturated rings. The van der Waals surface area contributed by atoms with E-state index in [1.807, 2.05) is 13.0 Å². The Morgan fingerprint density at radius 2 is 1.76 bits per heavy atom. The summed E-state index contributed by atoms with van der Waals surface area (Å²) in [6, 6.07) is 10.5. The highest BCUT2D eigenvalue weighted by molar-refractivity contribution is 6.01. The number of nitrogens with zero attached hydrogens (tertiary/aromatic N) is 2. The van der Waals surface area contributed by atoms with Crippen molar-refractivity contribution in [3.63, 3.8) is 0 Å². The van der Waals surface area contributed by atoms with E-state index in [1.165, 1.54) is 11.1 Å². The molecule has 0 amide bonds. The summed E-state index contributed by atoms with van der Waals surface area (Å²) < 4.78 is 0. The maximum absolute atomic E-state index is 7.83. The molecule has 0 saturated heterocycles. The molecule has 1 aliphatic rings. The highest BCUT2D eigenvalue weighted by atomic mass is 15.2. The fraction of sp³-hybridized carbons (Fsp3) is 0.294. The first-order valence-electron chi connectivity index (χ1n) is 7.28. The van der Waals surface area contributed by atoms with Gasteiger partial charge in [-0.15, -0.1) is 0 Å². The molecular weight excluding hydrogens is 260 g/mol. The van der Waals surface area contributed by atoms with Gasteiger partial charge in [-0.05, 0) is 42.5 Å². The number of amidine groups is 1. The number of fused-ring (bicyclic) bond motifs is 1. The molecule has 3 rings (SSSR count). The summed E-state index contributed by atoms with van der Waals surface area (Å²) in [7, 11) is 0. The third-order valence-corrected chi connectivity index (χ3v) is 4.13. The standard InChI is InChI=1S/C17H20N4/c1-12-6-9-20-17(15(12)16(18)19)21-10-7-13-4-2-3-5-14(13)8-11-21/h2-6,9H,7-8,10-11H2,1H3,(H3,18,19). The largest absolute Gasteiger partial charge is 0.384 e. The van der Waals surface area contributed by atoms with Crippen molar-refractivity contribution in [2.45, 2.75) is 19.8 Å². The minimum atomic E-state index is 0.0948. The zero-order chi connectivity index (χ0) is 14.8. The fourth-order valence-corrected chi connectivity index (χ4v) is 3.00. The van der Waals surface area contributed by atoms with E-state index in [4.69, 9.17) is 11.1 Å². The lowest BCUT2D eigenvalue weighted by Crippen LogP contribution is -2.30. The summed E-state index contributed by atoms with van der Waals surface area (Å²) in [6.45, 7) is 3.80. The van der Waals surface area contributed by atoms with Gasteiger partial charge in [-0.2, -0.15) is 0 Å². The van der Waals surface area contributed by atoms with Gasteiger partial charge in [0.05, 0.1) is 5.56 Å². The molecule has 21 heavy (non-hydrogen) atoms. The van der Waals surface area contributed by atoms with Crippen LogP contribution in [0.15, 0.2) is 36.5 Å². The van der Waals surface area contributed by atoms with Crippen LogP contribution in [-0.4, -0.2) is 23.9 Å². The first-order valence-corrected chi connectivity index (χ1v) is 7.28. The lowest BCUT2D eigenvalue weighted by atomic mass is 10.0. The highest BCUT2D eigenvalue weighted by Gasteiger charge is 2.19. The Morgan fingerprint density at radius 1 is 1.14 bits per heavy atom. The number of nitrogens with two attached hydrogens (primary N) is 1. The van der Waals surface area contributed by atoms with Crippen molar-refractivity contribution >= 4 is 11.7 Å². The van der Waals surface area contributed by atoms with Gasteiger partial charge in [0, 0.05) is 19.3 Å². The van der Waals surface area contributed by atoms with Crippen LogP contribution < -0.4 is 10.6 Å². The molecule has 0 spiro atoms. The van der Waals surface area contributed by atoms with Crippen molar-refractivity contribution in [2.75, 3.05) is 18.0 Å². The number of anilines is 1. The van der Waals surface area contributed by atoms with E-state index in [-0.39, 0.29) is 5.84 Å². The SMILES string of the molecule is Cc1ccnc(N2CCc3ccccc3CC2)c1C(=N)N. The Balaban J connectivity index is 1.93. The number of hydrogen-bond donors (Lipinski definition) is 2. The number of aryl methyl sites for hydroxylation is 1. The van der Waals surface area contributed by atoms with E-state index >= 15 is 0 Å². The van der Waals surface area contributed by atoms with Gasteiger partial charge in [-0.3, -0.25) is 5.41 Å². The van der Waals surface area contributed by atoms with E-state index < -0.39 is 0 Å². The van der Waals surface area contributed by atoms with E-state index in [9.17, 15) is 0 Å². The van der Waals surface area contributed by atoms with Gasteiger partial charge in [0.15, 0.2) is 0 Å². The van der Waals surface area contributed by atoms with Gasteiger partial charge in [0.2, 0.25) is 0 Å². The summed E-state index contributed by atoms with van der Waals surface area (Å²) in [5, 5.41) is 7.83. The van der Waals surface area contributed by atoms with Crippen LogP contribution in [0.4, 0.5) is 5.82 Å². The Bertz CT molecular complexity index is 651. The highest BCUT2D eigenvalue weighted by Crippen LogP contribution is 2.24. The molecule has 1 aliphatic heterocycles. The normalized spacial score (nSPS) is 14.4. The molecule has 3 N–H and O–H groups in total.